The number of fused-ring (bicyclic) bond motifs is 1. The number of hydrogen-bond acceptors (Lipinski definition) is 4. The summed E-state index contributed by atoms with van der Waals surface area (Å²) in [7, 11) is 0. The number of halogens is 1. The zero-order valence-electron chi connectivity index (χ0n) is 15.2. The third-order valence-corrected chi connectivity index (χ3v) is 4.16. The van der Waals surface area contributed by atoms with E-state index in [1.54, 1.807) is 23.6 Å². The van der Waals surface area contributed by atoms with Gasteiger partial charge < -0.3 is 20.3 Å². The first-order valence-corrected chi connectivity index (χ1v) is 8.91. The summed E-state index contributed by atoms with van der Waals surface area (Å²) in [6.45, 7) is 2.61. The van der Waals surface area contributed by atoms with Crippen LogP contribution in [-0.4, -0.2) is 39.8 Å². The van der Waals surface area contributed by atoms with Gasteiger partial charge in [0.15, 0.2) is 0 Å². The van der Waals surface area contributed by atoms with Crippen LogP contribution in [0, 0.1) is 5.82 Å². The lowest BCUT2D eigenvalue weighted by Crippen LogP contribution is -2.30. The summed E-state index contributed by atoms with van der Waals surface area (Å²) in [4.78, 5) is 16.9. The van der Waals surface area contributed by atoms with Crippen LogP contribution in [0.15, 0.2) is 48.5 Å². The highest BCUT2D eigenvalue weighted by Crippen LogP contribution is 2.19. The maximum absolute atomic E-state index is 12.9. The van der Waals surface area contributed by atoms with Gasteiger partial charge in [-0.2, -0.15) is 0 Å². The molecule has 1 amide bonds. The minimum absolute atomic E-state index is 0.117. The number of nitrogens with zero attached hydrogens (tertiary/aromatic N) is 2. The van der Waals surface area contributed by atoms with Crippen LogP contribution in [0.1, 0.15) is 12.5 Å². The van der Waals surface area contributed by atoms with E-state index in [2.05, 4.69) is 15.6 Å². The molecule has 0 aliphatic rings. The van der Waals surface area contributed by atoms with Gasteiger partial charge in [0.05, 0.1) is 17.1 Å². The molecule has 3 N–H and O–H groups in total. The van der Waals surface area contributed by atoms with Gasteiger partial charge in [0, 0.05) is 13.1 Å². The number of imidazole rings is 1. The maximum Gasteiger partial charge on any atom is 0.240 e. The number of rotatable bonds is 8. The minimum atomic E-state index is -0.525. The smallest absolute Gasteiger partial charge is 0.240 e. The molecular weight excluding hydrogens is 347 g/mol. The number of anilines is 1. The first-order chi connectivity index (χ1) is 13.0. The molecule has 0 saturated carbocycles. The van der Waals surface area contributed by atoms with Crippen LogP contribution in [0.5, 0.6) is 0 Å². The van der Waals surface area contributed by atoms with E-state index < -0.39 is 6.10 Å². The molecule has 0 fully saturated rings. The molecular formula is C20H23FN4O2. The number of aliphatic hydroxyl groups is 1. The number of aromatic nitrogens is 2. The molecule has 27 heavy (non-hydrogen) atoms. The van der Waals surface area contributed by atoms with E-state index in [0.29, 0.717) is 25.5 Å². The Hall–Kier alpha value is -2.93. The van der Waals surface area contributed by atoms with Gasteiger partial charge in [-0.3, -0.25) is 4.79 Å². The summed E-state index contributed by atoms with van der Waals surface area (Å²) in [5.74, 6) is 0.137. The average molecular weight is 370 g/mol. The van der Waals surface area contributed by atoms with Crippen molar-refractivity contribution in [3.8, 4) is 0 Å². The molecule has 0 aliphatic carbocycles. The Balaban J connectivity index is 1.64. The Morgan fingerprint density at radius 3 is 2.70 bits per heavy atom. The summed E-state index contributed by atoms with van der Waals surface area (Å²) in [6.07, 6.45) is 0.104. The molecule has 1 atom stereocenters. The topological polar surface area (TPSA) is 79.2 Å². The zero-order valence-corrected chi connectivity index (χ0v) is 15.2. The van der Waals surface area contributed by atoms with Crippen LogP contribution < -0.4 is 10.6 Å². The van der Waals surface area contributed by atoms with Gasteiger partial charge in [-0.25, -0.2) is 9.37 Å². The molecule has 3 rings (SSSR count). The molecule has 0 radical (unpaired) electrons. The number of carbonyl (C=O) groups is 1. The van der Waals surface area contributed by atoms with E-state index >= 15 is 0 Å². The van der Waals surface area contributed by atoms with Gasteiger partial charge in [0.1, 0.15) is 12.4 Å². The predicted octanol–water partition coefficient (Wildman–Crippen LogP) is 2.33. The summed E-state index contributed by atoms with van der Waals surface area (Å²) in [6, 6.07) is 13.8. The van der Waals surface area contributed by atoms with Crippen LogP contribution >= 0.6 is 0 Å². The van der Waals surface area contributed by atoms with Crippen molar-refractivity contribution < 1.29 is 14.3 Å². The normalized spacial score (nSPS) is 12.1. The summed E-state index contributed by atoms with van der Waals surface area (Å²) >= 11 is 0. The van der Waals surface area contributed by atoms with E-state index in [-0.39, 0.29) is 18.3 Å². The fourth-order valence-electron chi connectivity index (χ4n) is 2.81. The van der Waals surface area contributed by atoms with Crippen LogP contribution in [0.25, 0.3) is 11.0 Å². The molecule has 0 unspecified atom stereocenters. The zero-order chi connectivity index (χ0) is 19.2. The number of hydrogen-bond donors (Lipinski definition) is 3. The van der Waals surface area contributed by atoms with Crippen molar-refractivity contribution in [1.29, 1.82) is 0 Å². The number of para-hydroxylation sites is 2. The van der Waals surface area contributed by atoms with E-state index in [0.717, 1.165) is 16.6 Å². The molecule has 0 aliphatic heterocycles. The minimum Gasteiger partial charge on any atom is -0.392 e. The highest BCUT2D eigenvalue weighted by atomic mass is 19.1. The molecule has 7 heteroatoms. The quantitative estimate of drug-likeness (QED) is 0.569. The third-order valence-electron chi connectivity index (χ3n) is 4.16. The lowest BCUT2D eigenvalue weighted by Gasteiger charge is -2.12. The fourth-order valence-corrected chi connectivity index (χ4v) is 2.81. The van der Waals surface area contributed by atoms with Gasteiger partial charge in [-0.05, 0) is 43.2 Å². The van der Waals surface area contributed by atoms with Crippen LogP contribution in [0.2, 0.25) is 0 Å². The van der Waals surface area contributed by atoms with E-state index in [1.807, 2.05) is 24.3 Å². The Morgan fingerprint density at radius 2 is 1.96 bits per heavy atom. The van der Waals surface area contributed by atoms with E-state index in [1.165, 1.54) is 12.1 Å². The van der Waals surface area contributed by atoms with Crippen molar-refractivity contribution in [3.63, 3.8) is 0 Å². The molecule has 0 spiro atoms. The van der Waals surface area contributed by atoms with Gasteiger partial charge in [0.2, 0.25) is 11.9 Å². The van der Waals surface area contributed by atoms with Crippen LogP contribution in [-0.2, 0) is 17.8 Å². The molecule has 0 saturated heterocycles. The first kappa shape index (κ1) is 18.8. The van der Waals surface area contributed by atoms with E-state index in [9.17, 15) is 14.3 Å². The molecule has 1 heterocycles. The highest BCUT2D eigenvalue weighted by Gasteiger charge is 2.13. The van der Waals surface area contributed by atoms with Crippen molar-refractivity contribution in [2.24, 2.45) is 0 Å². The molecule has 2 aromatic carbocycles. The molecule has 0 bridgehead atoms. The third kappa shape index (κ3) is 5.04. The summed E-state index contributed by atoms with van der Waals surface area (Å²) < 4.78 is 14.7. The number of amides is 1. The first-order valence-electron chi connectivity index (χ1n) is 8.91. The number of carbonyl (C=O) groups excluding carboxylic acids is 1. The SMILES string of the molecule is C[C@H](O)CNc1nc2ccccc2n1CC(=O)NCCc1ccc(F)cc1. The second kappa shape index (κ2) is 8.64. The van der Waals surface area contributed by atoms with Crippen molar-refractivity contribution >= 4 is 22.9 Å². The Bertz CT molecular complexity index is 906. The van der Waals surface area contributed by atoms with Crippen molar-refractivity contribution in [2.45, 2.75) is 26.0 Å². The molecule has 142 valence electrons. The molecule has 6 nitrogen and oxygen atoms in total. The van der Waals surface area contributed by atoms with Gasteiger partial charge in [-0.15, -0.1) is 0 Å². The maximum atomic E-state index is 12.9. The summed E-state index contributed by atoms with van der Waals surface area (Å²) in [5.41, 5.74) is 2.59. The lowest BCUT2D eigenvalue weighted by atomic mass is 10.1. The lowest BCUT2D eigenvalue weighted by molar-refractivity contribution is -0.121. The average Bonchev–Trinajstić information content (AvgIpc) is 2.99. The van der Waals surface area contributed by atoms with Crippen LogP contribution in [0.4, 0.5) is 10.3 Å². The predicted molar refractivity (Wildman–Crippen MR) is 103 cm³/mol. The summed E-state index contributed by atoms with van der Waals surface area (Å²) in [5, 5.41) is 15.5. The Labute approximate surface area is 157 Å². The van der Waals surface area contributed by atoms with Crippen molar-refractivity contribution in [3.05, 3.63) is 59.9 Å². The highest BCUT2D eigenvalue weighted by molar-refractivity contribution is 5.83. The number of nitrogens with one attached hydrogen (secondary N) is 2. The number of benzene rings is 2. The molecule has 3 aromatic rings. The van der Waals surface area contributed by atoms with E-state index in [4.69, 9.17) is 0 Å². The monoisotopic (exact) mass is 370 g/mol. The largest absolute Gasteiger partial charge is 0.392 e. The van der Waals surface area contributed by atoms with Crippen LogP contribution in [0.3, 0.4) is 0 Å². The standard InChI is InChI=1S/C20H23FN4O2/c1-14(26)12-23-20-24-17-4-2-3-5-18(17)25(20)13-19(27)22-11-10-15-6-8-16(21)9-7-15/h2-9,14,26H,10-13H2,1H3,(H,22,27)(H,23,24)/t14-/m0/s1. The fraction of sp³-hybridized carbons (Fsp3) is 0.300. The Morgan fingerprint density at radius 1 is 1.22 bits per heavy atom. The second-order valence-corrected chi connectivity index (χ2v) is 6.47. The number of aliphatic hydroxyl groups excluding tert-OH is 1. The molecule has 1 aromatic heterocycles. The van der Waals surface area contributed by atoms with Crippen molar-refractivity contribution in [1.82, 2.24) is 14.9 Å². The Kier molecular flexibility index (Phi) is 6.03. The van der Waals surface area contributed by atoms with Crippen molar-refractivity contribution in [2.75, 3.05) is 18.4 Å². The second-order valence-electron chi connectivity index (χ2n) is 6.47. The van der Waals surface area contributed by atoms with Gasteiger partial charge in [0.25, 0.3) is 0 Å². The van der Waals surface area contributed by atoms with Gasteiger partial charge >= 0.3 is 0 Å². The van der Waals surface area contributed by atoms with Gasteiger partial charge in [-0.1, -0.05) is 24.3 Å².